The SMILES string of the molecule is O=C(OC1CCCCC1)c1ccc2c(c1)/C1=C3/c4cc(ccc4Sc4ccc(C(=O)OC5CCCCC5)cc43)OCCOCCOCCOCCOc3ccc(c1c3)S2. The lowest BCUT2D eigenvalue weighted by molar-refractivity contribution is 0.00498. The van der Waals surface area contributed by atoms with Gasteiger partial charge in [0.05, 0.1) is 50.8 Å². The van der Waals surface area contributed by atoms with Crippen molar-refractivity contribution in [2.24, 2.45) is 0 Å². The van der Waals surface area contributed by atoms with Crippen LogP contribution in [0.1, 0.15) is 107 Å². The highest BCUT2D eigenvalue weighted by atomic mass is 32.2. The van der Waals surface area contributed by atoms with Gasteiger partial charge >= 0.3 is 11.9 Å². The zero-order chi connectivity index (χ0) is 40.0. The molecule has 0 N–H and O–H groups in total. The molecule has 0 spiro atoms. The number of rotatable bonds is 4. The highest BCUT2D eigenvalue weighted by molar-refractivity contribution is 8.00. The third-order valence-electron chi connectivity index (χ3n) is 11.5. The molecule has 0 saturated heterocycles. The first-order valence-corrected chi connectivity index (χ1v) is 22.8. The van der Waals surface area contributed by atoms with Gasteiger partial charge < -0.3 is 33.2 Å². The molecule has 59 heavy (non-hydrogen) atoms. The topological polar surface area (TPSA) is 98.8 Å². The molecular formula is C48H50O9S2. The Bertz CT molecular complexity index is 2050. The second-order valence-electron chi connectivity index (χ2n) is 15.6. The molecule has 2 saturated carbocycles. The standard InChI is InChI=1S/C48H50O9S2/c49-47(56-33-7-3-1-4-8-33)31-11-15-41-37(27-31)45-39-29-35(13-17-43(39)58-41)54-25-23-52-21-19-51-20-22-53-24-26-55-36-14-18-44-40(30-36)46(45)38-28-32(12-16-42(38)59-44)48(50)57-34-9-5-2-6-10-34/h11-18,27-30,33-34H,1-10,19-26H2/b46-45-. The van der Waals surface area contributed by atoms with Gasteiger partial charge in [0.2, 0.25) is 0 Å². The van der Waals surface area contributed by atoms with Crippen molar-refractivity contribution >= 4 is 46.6 Å². The number of carbonyl (C=O) groups is 2. The normalized spacial score (nSPS) is 20.4. The molecule has 4 aromatic carbocycles. The first-order valence-electron chi connectivity index (χ1n) is 21.2. The number of ether oxygens (including phenoxy) is 7. The Labute approximate surface area is 354 Å². The minimum Gasteiger partial charge on any atom is -0.491 e. The van der Waals surface area contributed by atoms with E-state index in [4.69, 9.17) is 33.2 Å². The lowest BCUT2D eigenvalue weighted by Crippen LogP contribution is -2.21. The predicted octanol–water partition coefficient (Wildman–Crippen LogP) is 10.4. The van der Waals surface area contributed by atoms with Gasteiger partial charge in [-0.05, 0) is 146 Å². The molecule has 5 aliphatic rings. The van der Waals surface area contributed by atoms with E-state index in [1.54, 1.807) is 23.5 Å². The summed E-state index contributed by atoms with van der Waals surface area (Å²) < 4.78 is 42.2. The molecule has 3 heterocycles. The van der Waals surface area contributed by atoms with Crippen LogP contribution in [0.4, 0.5) is 0 Å². The fraction of sp³-hybridized carbons (Fsp3) is 0.417. The van der Waals surface area contributed by atoms with Crippen LogP contribution in [0, 0.1) is 0 Å². The second-order valence-corrected chi connectivity index (χ2v) is 17.7. The van der Waals surface area contributed by atoms with Gasteiger partial charge in [0.15, 0.2) is 0 Å². The van der Waals surface area contributed by atoms with Gasteiger partial charge in [-0.1, -0.05) is 36.4 Å². The summed E-state index contributed by atoms with van der Waals surface area (Å²) in [6, 6.07) is 24.2. The maximum Gasteiger partial charge on any atom is 0.338 e. The monoisotopic (exact) mass is 834 g/mol. The quantitative estimate of drug-likeness (QED) is 0.159. The molecule has 3 aliphatic heterocycles. The van der Waals surface area contributed by atoms with Crippen molar-refractivity contribution < 1.29 is 42.7 Å². The summed E-state index contributed by atoms with van der Waals surface area (Å²) in [7, 11) is 0. The van der Waals surface area contributed by atoms with E-state index < -0.39 is 0 Å². The third kappa shape index (κ3) is 9.40. The number of carbonyl (C=O) groups excluding carboxylic acids is 2. The van der Waals surface area contributed by atoms with E-state index in [0.717, 1.165) is 104 Å². The molecule has 0 atom stereocenters. The minimum absolute atomic E-state index is 0.0699. The fourth-order valence-electron chi connectivity index (χ4n) is 8.50. The molecule has 9 nitrogen and oxygen atoms in total. The molecule has 4 aromatic rings. The van der Waals surface area contributed by atoms with Crippen LogP contribution in [-0.4, -0.2) is 77.0 Å². The van der Waals surface area contributed by atoms with E-state index in [9.17, 15) is 9.59 Å². The summed E-state index contributed by atoms with van der Waals surface area (Å²) in [5.74, 6) is 0.789. The van der Waals surface area contributed by atoms with E-state index in [2.05, 4.69) is 24.3 Å². The molecule has 4 bridgehead atoms. The van der Waals surface area contributed by atoms with Crippen molar-refractivity contribution in [2.45, 2.75) is 96.0 Å². The van der Waals surface area contributed by atoms with Crippen LogP contribution >= 0.6 is 23.5 Å². The first kappa shape index (κ1) is 40.2. The van der Waals surface area contributed by atoms with E-state index in [1.165, 1.54) is 12.8 Å². The highest BCUT2D eigenvalue weighted by Gasteiger charge is 2.33. The second kappa shape index (κ2) is 19.0. The van der Waals surface area contributed by atoms with Gasteiger partial charge in [0, 0.05) is 30.7 Å². The molecule has 308 valence electrons. The van der Waals surface area contributed by atoms with Gasteiger partial charge in [-0.25, -0.2) is 9.59 Å². The average molecular weight is 835 g/mol. The van der Waals surface area contributed by atoms with E-state index in [1.807, 2.05) is 48.5 Å². The van der Waals surface area contributed by atoms with Crippen molar-refractivity contribution in [3.63, 3.8) is 0 Å². The molecule has 0 aromatic heterocycles. The van der Waals surface area contributed by atoms with Crippen molar-refractivity contribution in [1.29, 1.82) is 0 Å². The Balaban J connectivity index is 1.21. The largest absolute Gasteiger partial charge is 0.491 e. The van der Waals surface area contributed by atoms with Crippen LogP contribution in [0.2, 0.25) is 0 Å². The molecule has 2 aliphatic carbocycles. The number of esters is 2. The Kier molecular flexibility index (Phi) is 12.9. The van der Waals surface area contributed by atoms with Gasteiger partial charge in [0.1, 0.15) is 36.9 Å². The number of benzene rings is 4. The molecule has 0 radical (unpaired) electrons. The fourth-order valence-corrected chi connectivity index (χ4v) is 10.6. The maximum absolute atomic E-state index is 13.9. The Morgan fingerprint density at radius 3 is 1.20 bits per heavy atom. The molecular weight excluding hydrogens is 785 g/mol. The zero-order valence-corrected chi connectivity index (χ0v) is 34.9. The average Bonchev–Trinajstić information content (AvgIpc) is 3.26. The Morgan fingerprint density at radius 2 is 0.797 bits per heavy atom. The van der Waals surface area contributed by atoms with Gasteiger partial charge in [-0.2, -0.15) is 0 Å². The first-order chi connectivity index (χ1) is 29.1. The van der Waals surface area contributed by atoms with Crippen molar-refractivity contribution in [3.05, 3.63) is 106 Å². The van der Waals surface area contributed by atoms with Crippen molar-refractivity contribution in [1.82, 2.24) is 0 Å². The van der Waals surface area contributed by atoms with Crippen molar-refractivity contribution in [3.8, 4) is 11.5 Å². The predicted molar refractivity (Wildman–Crippen MR) is 227 cm³/mol. The number of fused-ring (bicyclic) bond motifs is 6. The number of hydrogen-bond acceptors (Lipinski definition) is 11. The Hall–Kier alpha value is -4.26. The summed E-state index contributed by atoms with van der Waals surface area (Å²) in [5, 5.41) is 0. The van der Waals surface area contributed by atoms with Gasteiger partial charge in [-0.15, -0.1) is 0 Å². The van der Waals surface area contributed by atoms with E-state index >= 15 is 0 Å². The smallest absolute Gasteiger partial charge is 0.338 e. The lowest BCUT2D eigenvalue weighted by atomic mass is 9.84. The third-order valence-corrected chi connectivity index (χ3v) is 13.8. The summed E-state index contributed by atoms with van der Waals surface area (Å²) in [5.41, 5.74) is 6.64. The molecule has 11 heteroatoms. The van der Waals surface area contributed by atoms with E-state index in [-0.39, 0.29) is 24.1 Å². The number of hydrogen-bond donors (Lipinski definition) is 0. The van der Waals surface area contributed by atoms with Crippen LogP contribution in [0.5, 0.6) is 11.5 Å². The van der Waals surface area contributed by atoms with E-state index in [0.29, 0.717) is 75.5 Å². The zero-order valence-electron chi connectivity index (χ0n) is 33.3. The van der Waals surface area contributed by atoms with Crippen LogP contribution in [0.15, 0.2) is 92.4 Å². The van der Waals surface area contributed by atoms with Crippen LogP contribution in [0.25, 0.3) is 11.1 Å². The summed E-state index contributed by atoms with van der Waals surface area (Å²) >= 11 is 3.33. The molecule has 2 fully saturated rings. The van der Waals surface area contributed by atoms with Gasteiger partial charge in [-0.3, -0.25) is 0 Å². The summed E-state index contributed by atoms with van der Waals surface area (Å²) in [4.78, 5) is 31.9. The minimum atomic E-state index is -0.308. The molecule has 0 unspecified atom stereocenters. The molecule has 9 rings (SSSR count). The maximum atomic E-state index is 13.9. The van der Waals surface area contributed by atoms with Crippen LogP contribution < -0.4 is 9.47 Å². The highest BCUT2D eigenvalue weighted by Crippen LogP contribution is 2.55. The lowest BCUT2D eigenvalue weighted by Gasteiger charge is -2.30. The Morgan fingerprint density at radius 1 is 0.441 bits per heavy atom. The summed E-state index contributed by atoms with van der Waals surface area (Å²) in [6.45, 7) is 3.40. The van der Waals surface area contributed by atoms with Gasteiger partial charge in [0.25, 0.3) is 0 Å². The molecule has 0 amide bonds. The van der Waals surface area contributed by atoms with Crippen LogP contribution in [-0.2, 0) is 23.7 Å². The van der Waals surface area contributed by atoms with Crippen molar-refractivity contribution in [2.75, 3.05) is 52.9 Å². The van der Waals surface area contributed by atoms with Crippen LogP contribution in [0.3, 0.4) is 0 Å². The summed E-state index contributed by atoms with van der Waals surface area (Å²) in [6.07, 6.45) is 10.1.